The minimum absolute atomic E-state index is 0.217. The van der Waals surface area contributed by atoms with Crippen LogP contribution in [0.1, 0.15) is 27.7 Å². The molecule has 0 bridgehead atoms. The fourth-order valence-electron chi connectivity index (χ4n) is 0.545. The lowest BCUT2D eigenvalue weighted by molar-refractivity contribution is 0.0498. The Balaban J connectivity index is 3.61. The summed E-state index contributed by atoms with van der Waals surface area (Å²) in [7, 11) is 0. The summed E-state index contributed by atoms with van der Waals surface area (Å²) in [4.78, 5) is 10.9. The minimum atomic E-state index is -0.544. The van der Waals surface area contributed by atoms with Crippen molar-refractivity contribution < 1.29 is 14.6 Å². The molecule has 0 radical (unpaired) electrons. The van der Waals surface area contributed by atoms with Crippen LogP contribution < -0.4 is 5.32 Å². The van der Waals surface area contributed by atoms with Gasteiger partial charge in [0.25, 0.3) is 0 Å². The molecule has 0 saturated heterocycles. The number of amides is 1. The van der Waals surface area contributed by atoms with E-state index in [-0.39, 0.29) is 6.54 Å². The van der Waals surface area contributed by atoms with E-state index in [0.29, 0.717) is 0 Å². The Morgan fingerprint density at radius 1 is 1.58 bits per heavy atom. The molecule has 2 N–H and O–H groups in total. The van der Waals surface area contributed by atoms with Crippen LogP contribution >= 0.6 is 0 Å². The van der Waals surface area contributed by atoms with Crippen LogP contribution in [-0.2, 0) is 4.74 Å². The van der Waals surface area contributed by atoms with Gasteiger partial charge in [0.15, 0.2) is 0 Å². The average molecular weight is 175 g/mol. The van der Waals surface area contributed by atoms with E-state index in [1.807, 2.05) is 0 Å². The topological polar surface area (TPSA) is 58.6 Å². The van der Waals surface area contributed by atoms with Gasteiger partial charge in [-0.1, -0.05) is 0 Å². The first-order valence-electron chi connectivity index (χ1n) is 3.96. The van der Waals surface area contributed by atoms with E-state index in [1.165, 1.54) is 0 Å². The quantitative estimate of drug-likeness (QED) is 0.655. The van der Waals surface area contributed by atoms with Crippen molar-refractivity contribution in [1.82, 2.24) is 5.32 Å². The molecule has 0 fully saturated rings. The number of rotatable bonds is 2. The summed E-state index contributed by atoms with van der Waals surface area (Å²) in [6.45, 7) is 7.17. The Morgan fingerprint density at radius 3 is 2.42 bits per heavy atom. The largest absolute Gasteiger partial charge is 0.444 e. The number of aliphatic hydroxyl groups excluding tert-OH is 1. The normalized spacial score (nSPS) is 13.8. The zero-order valence-corrected chi connectivity index (χ0v) is 8.05. The number of carbonyl (C=O) groups is 1. The van der Waals surface area contributed by atoms with Gasteiger partial charge in [0, 0.05) is 6.54 Å². The van der Waals surface area contributed by atoms with Crippen LogP contribution in [0.5, 0.6) is 0 Å². The molecule has 0 rings (SSSR count). The van der Waals surface area contributed by atoms with Crippen molar-refractivity contribution in [3.63, 3.8) is 0 Å². The number of ether oxygens (including phenoxy) is 1. The van der Waals surface area contributed by atoms with E-state index in [9.17, 15) is 4.79 Å². The highest BCUT2D eigenvalue weighted by molar-refractivity contribution is 5.67. The molecule has 0 aliphatic rings. The molecule has 4 heteroatoms. The lowest BCUT2D eigenvalue weighted by Gasteiger charge is -2.19. The third kappa shape index (κ3) is 7.34. The summed E-state index contributed by atoms with van der Waals surface area (Å²) in [6.07, 6.45) is -1.04. The Bertz CT molecular complexity index is 149. The maximum atomic E-state index is 10.9. The van der Waals surface area contributed by atoms with Crippen molar-refractivity contribution in [3.8, 4) is 0 Å². The van der Waals surface area contributed by atoms with Crippen LogP contribution in [0.2, 0.25) is 0 Å². The summed E-state index contributed by atoms with van der Waals surface area (Å²) < 4.78 is 4.93. The van der Waals surface area contributed by atoms with E-state index >= 15 is 0 Å². The highest BCUT2D eigenvalue weighted by Gasteiger charge is 2.15. The van der Waals surface area contributed by atoms with Crippen LogP contribution in [0, 0.1) is 0 Å². The summed E-state index contributed by atoms with van der Waals surface area (Å²) in [5, 5.41) is 11.3. The van der Waals surface area contributed by atoms with E-state index in [4.69, 9.17) is 9.84 Å². The molecule has 0 aromatic rings. The molecule has 0 aromatic carbocycles. The van der Waals surface area contributed by atoms with E-state index in [0.717, 1.165) is 0 Å². The van der Waals surface area contributed by atoms with Gasteiger partial charge in [-0.15, -0.1) is 0 Å². The predicted octanol–water partition coefficient (Wildman–Crippen LogP) is 0.892. The summed E-state index contributed by atoms with van der Waals surface area (Å²) in [6, 6.07) is 0. The van der Waals surface area contributed by atoms with Crippen molar-refractivity contribution in [3.05, 3.63) is 0 Å². The summed E-state index contributed by atoms with van der Waals surface area (Å²) in [5.41, 5.74) is -0.483. The number of hydrogen-bond acceptors (Lipinski definition) is 3. The van der Waals surface area contributed by atoms with Gasteiger partial charge < -0.3 is 15.2 Å². The monoisotopic (exact) mass is 175 g/mol. The van der Waals surface area contributed by atoms with Gasteiger partial charge >= 0.3 is 6.09 Å². The molecule has 12 heavy (non-hydrogen) atoms. The van der Waals surface area contributed by atoms with Gasteiger partial charge in [0.05, 0.1) is 6.10 Å². The molecule has 4 nitrogen and oxygen atoms in total. The lowest BCUT2D eigenvalue weighted by atomic mass is 10.2. The van der Waals surface area contributed by atoms with Gasteiger partial charge in [-0.3, -0.25) is 0 Å². The molecule has 0 aliphatic carbocycles. The lowest BCUT2D eigenvalue weighted by Crippen LogP contribution is -2.36. The van der Waals surface area contributed by atoms with Gasteiger partial charge in [-0.05, 0) is 27.7 Å². The first kappa shape index (κ1) is 11.2. The molecule has 1 unspecified atom stereocenters. The second-order valence-electron chi connectivity index (χ2n) is 3.73. The van der Waals surface area contributed by atoms with Crippen molar-refractivity contribution in [2.24, 2.45) is 0 Å². The van der Waals surface area contributed by atoms with Crippen molar-refractivity contribution in [2.45, 2.75) is 39.4 Å². The standard InChI is InChI=1S/C8H17NO3/c1-6(10)5-9-7(11)12-8(2,3)4/h6,10H,5H2,1-4H3,(H,9,11). The van der Waals surface area contributed by atoms with Gasteiger partial charge in [0.1, 0.15) is 5.60 Å². The summed E-state index contributed by atoms with van der Waals surface area (Å²) >= 11 is 0. The van der Waals surface area contributed by atoms with E-state index in [1.54, 1.807) is 27.7 Å². The van der Waals surface area contributed by atoms with Crippen LogP contribution in [-0.4, -0.2) is 29.4 Å². The zero-order valence-electron chi connectivity index (χ0n) is 8.05. The van der Waals surface area contributed by atoms with Gasteiger partial charge in [0.2, 0.25) is 0 Å². The molecule has 0 saturated carbocycles. The number of alkyl carbamates (subject to hydrolysis) is 1. The molecule has 1 atom stereocenters. The zero-order chi connectivity index (χ0) is 9.78. The smallest absolute Gasteiger partial charge is 0.407 e. The maximum absolute atomic E-state index is 10.9. The SMILES string of the molecule is CC(O)CNC(=O)OC(C)(C)C. The fourth-order valence-corrected chi connectivity index (χ4v) is 0.545. The maximum Gasteiger partial charge on any atom is 0.407 e. The second kappa shape index (κ2) is 4.30. The average Bonchev–Trinajstić information content (AvgIpc) is 1.79. The molecule has 0 heterocycles. The third-order valence-corrected chi connectivity index (χ3v) is 0.941. The molecule has 0 spiro atoms. The number of nitrogens with one attached hydrogen (secondary N) is 1. The van der Waals surface area contributed by atoms with Crippen molar-refractivity contribution >= 4 is 6.09 Å². The van der Waals surface area contributed by atoms with Crippen molar-refractivity contribution in [1.29, 1.82) is 0 Å². The fraction of sp³-hybridized carbons (Fsp3) is 0.875. The number of hydrogen-bond donors (Lipinski definition) is 2. The van der Waals surface area contributed by atoms with Gasteiger partial charge in [-0.25, -0.2) is 4.79 Å². The van der Waals surface area contributed by atoms with E-state index in [2.05, 4.69) is 5.32 Å². The molecule has 0 aliphatic heterocycles. The number of aliphatic hydroxyl groups is 1. The van der Waals surface area contributed by atoms with Crippen LogP contribution in [0.15, 0.2) is 0 Å². The molecule has 1 amide bonds. The van der Waals surface area contributed by atoms with Crippen LogP contribution in [0.3, 0.4) is 0 Å². The Hall–Kier alpha value is -0.770. The number of carbonyl (C=O) groups excluding carboxylic acids is 1. The van der Waals surface area contributed by atoms with Crippen LogP contribution in [0.25, 0.3) is 0 Å². The molecule has 72 valence electrons. The molecular weight excluding hydrogens is 158 g/mol. The second-order valence-corrected chi connectivity index (χ2v) is 3.73. The van der Waals surface area contributed by atoms with Gasteiger partial charge in [-0.2, -0.15) is 0 Å². The Labute approximate surface area is 72.9 Å². The highest BCUT2D eigenvalue weighted by Crippen LogP contribution is 2.06. The van der Waals surface area contributed by atoms with Crippen molar-refractivity contribution in [2.75, 3.05) is 6.54 Å². The molecule has 0 aromatic heterocycles. The Morgan fingerprint density at radius 2 is 2.08 bits per heavy atom. The first-order valence-corrected chi connectivity index (χ1v) is 3.96. The summed E-state index contributed by atoms with van der Waals surface area (Å²) in [5.74, 6) is 0. The van der Waals surface area contributed by atoms with E-state index < -0.39 is 17.8 Å². The Kier molecular flexibility index (Phi) is 4.03. The highest BCUT2D eigenvalue weighted by atomic mass is 16.6. The first-order chi connectivity index (χ1) is 5.31. The predicted molar refractivity (Wildman–Crippen MR) is 45.9 cm³/mol. The minimum Gasteiger partial charge on any atom is -0.444 e. The molecular formula is C8H17NO3. The third-order valence-electron chi connectivity index (χ3n) is 0.941. The van der Waals surface area contributed by atoms with Crippen LogP contribution in [0.4, 0.5) is 4.79 Å².